The van der Waals surface area contributed by atoms with E-state index in [4.69, 9.17) is 5.73 Å². The van der Waals surface area contributed by atoms with Gasteiger partial charge in [-0.3, -0.25) is 4.79 Å². The summed E-state index contributed by atoms with van der Waals surface area (Å²) in [6.07, 6.45) is 0. The van der Waals surface area contributed by atoms with E-state index in [0.29, 0.717) is 4.47 Å². The van der Waals surface area contributed by atoms with Crippen LogP contribution in [0, 0.1) is 5.82 Å². The van der Waals surface area contributed by atoms with Crippen molar-refractivity contribution in [3.8, 4) is 0 Å². The third kappa shape index (κ3) is 2.80. The molecule has 1 aromatic carbocycles. The molecule has 7 heteroatoms. The van der Waals surface area contributed by atoms with Crippen LogP contribution < -0.4 is 11.1 Å². The van der Waals surface area contributed by atoms with Gasteiger partial charge >= 0.3 is 0 Å². The van der Waals surface area contributed by atoms with E-state index < -0.39 is 11.7 Å². The first-order valence-electron chi connectivity index (χ1n) is 4.92. The van der Waals surface area contributed by atoms with E-state index >= 15 is 0 Å². The van der Waals surface area contributed by atoms with Gasteiger partial charge in [0.25, 0.3) is 5.91 Å². The molecule has 5 nitrogen and oxygen atoms in total. The highest BCUT2D eigenvalue weighted by molar-refractivity contribution is 9.10. The third-order valence-electron chi connectivity index (χ3n) is 2.09. The number of nitrogens with two attached hydrogens (primary N) is 1. The molecule has 2 rings (SSSR count). The minimum atomic E-state index is -0.556. The number of hydrogen-bond acceptors (Lipinski definition) is 4. The van der Waals surface area contributed by atoms with Gasteiger partial charge in [0.15, 0.2) is 5.69 Å². The summed E-state index contributed by atoms with van der Waals surface area (Å²) in [5.41, 5.74) is 5.47. The average molecular weight is 311 g/mol. The van der Waals surface area contributed by atoms with E-state index in [1.807, 2.05) is 0 Å². The van der Waals surface area contributed by atoms with Crippen LogP contribution in [0.2, 0.25) is 0 Å². The van der Waals surface area contributed by atoms with Crippen molar-refractivity contribution in [1.29, 1.82) is 0 Å². The molecule has 0 radical (unpaired) electrons. The van der Waals surface area contributed by atoms with Gasteiger partial charge in [-0.1, -0.05) is 15.9 Å². The van der Waals surface area contributed by atoms with Crippen LogP contribution in [0.15, 0.2) is 34.8 Å². The molecule has 1 heterocycles. The largest absolute Gasteiger partial charge is 0.382 e. The number of carbonyl (C=O) groups is 1. The Morgan fingerprint density at radius 2 is 2.06 bits per heavy atom. The van der Waals surface area contributed by atoms with E-state index in [1.165, 1.54) is 30.3 Å². The summed E-state index contributed by atoms with van der Waals surface area (Å²) in [5, 5.41) is 9.55. The normalized spacial score (nSPS) is 10.1. The van der Waals surface area contributed by atoms with Gasteiger partial charge in [0.05, 0.1) is 5.69 Å². The second kappa shape index (κ2) is 5.09. The van der Waals surface area contributed by atoms with Crippen LogP contribution in [-0.2, 0) is 0 Å². The summed E-state index contributed by atoms with van der Waals surface area (Å²) in [4.78, 5) is 11.8. The quantitative estimate of drug-likeness (QED) is 0.891. The highest BCUT2D eigenvalue weighted by Crippen LogP contribution is 2.20. The van der Waals surface area contributed by atoms with Crippen LogP contribution in [0.3, 0.4) is 0 Å². The molecule has 0 aliphatic rings. The van der Waals surface area contributed by atoms with Gasteiger partial charge in [-0.25, -0.2) is 4.39 Å². The molecule has 0 fully saturated rings. The lowest BCUT2D eigenvalue weighted by molar-refractivity contribution is 0.102. The van der Waals surface area contributed by atoms with Crippen molar-refractivity contribution >= 4 is 33.3 Å². The molecule has 0 aliphatic heterocycles. The maximum atomic E-state index is 13.4. The molecule has 0 bridgehead atoms. The summed E-state index contributed by atoms with van der Waals surface area (Å²) in [7, 11) is 0. The molecular formula is C11H8BrFN4O. The van der Waals surface area contributed by atoms with E-state index in [0.717, 1.165) is 0 Å². The first kappa shape index (κ1) is 12.4. The number of hydrogen-bond donors (Lipinski definition) is 2. The molecule has 1 aromatic heterocycles. The summed E-state index contributed by atoms with van der Waals surface area (Å²) < 4.78 is 14.1. The minimum Gasteiger partial charge on any atom is -0.382 e. The molecule has 2 aromatic rings. The van der Waals surface area contributed by atoms with Gasteiger partial charge in [-0.15, -0.1) is 10.2 Å². The molecule has 3 N–H and O–H groups in total. The molecule has 18 heavy (non-hydrogen) atoms. The summed E-state index contributed by atoms with van der Waals surface area (Å²) >= 11 is 3.19. The highest BCUT2D eigenvalue weighted by Gasteiger charge is 2.11. The number of nitrogens with zero attached hydrogens (tertiary/aromatic N) is 2. The smallest absolute Gasteiger partial charge is 0.276 e. The van der Waals surface area contributed by atoms with Crippen LogP contribution in [0.1, 0.15) is 10.5 Å². The molecule has 0 atom stereocenters. The molecule has 0 saturated heterocycles. The summed E-state index contributed by atoms with van der Waals surface area (Å²) in [6.45, 7) is 0. The van der Waals surface area contributed by atoms with Crippen molar-refractivity contribution in [2.24, 2.45) is 0 Å². The van der Waals surface area contributed by atoms with Crippen LogP contribution in [0.5, 0.6) is 0 Å². The van der Waals surface area contributed by atoms with Crippen molar-refractivity contribution in [2.45, 2.75) is 0 Å². The summed E-state index contributed by atoms with van der Waals surface area (Å²) in [6, 6.07) is 7.09. The zero-order valence-corrected chi connectivity index (χ0v) is 10.6. The molecular weight excluding hydrogens is 303 g/mol. The number of carbonyl (C=O) groups excluding carboxylic acids is 1. The summed E-state index contributed by atoms with van der Waals surface area (Å²) in [5.74, 6) is -0.880. The molecule has 0 aliphatic carbocycles. The molecule has 0 spiro atoms. The van der Waals surface area contributed by atoms with Gasteiger partial charge in [0.2, 0.25) is 0 Å². The van der Waals surface area contributed by atoms with Crippen molar-refractivity contribution in [3.63, 3.8) is 0 Å². The number of anilines is 2. The molecule has 0 unspecified atom stereocenters. The van der Waals surface area contributed by atoms with Gasteiger partial charge in [0, 0.05) is 4.47 Å². The average Bonchev–Trinajstić information content (AvgIpc) is 2.34. The fourth-order valence-electron chi connectivity index (χ4n) is 1.24. The topological polar surface area (TPSA) is 80.9 Å². The number of nitrogens with one attached hydrogen (secondary N) is 1. The second-order valence-corrected chi connectivity index (χ2v) is 4.34. The van der Waals surface area contributed by atoms with Crippen molar-refractivity contribution in [2.75, 3.05) is 11.1 Å². The van der Waals surface area contributed by atoms with Crippen LogP contribution in [-0.4, -0.2) is 16.1 Å². The SMILES string of the molecule is Nc1ccc(C(=O)Nc2cc(Br)ccc2F)nn1. The van der Waals surface area contributed by atoms with Gasteiger partial charge in [0.1, 0.15) is 11.6 Å². The Labute approximate surface area is 110 Å². The minimum absolute atomic E-state index is 0.0589. The Morgan fingerprint density at radius 3 is 2.72 bits per heavy atom. The first-order chi connectivity index (χ1) is 8.56. The molecule has 0 saturated carbocycles. The first-order valence-corrected chi connectivity index (χ1v) is 5.71. The van der Waals surface area contributed by atoms with E-state index in [1.54, 1.807) is 0 Å². The lowest BCUT2D eigenvalue weighted by Crippen LogP contribution is -2.15. The predicted molar refractivity (Wildman–Crippen MR) is 68.5 cm³/mol. The van der Waals surface area contributed by atoms with Crippen LogP contribution in [0.25, 0.3) is 0 Å². The Morgan fingerprint density at radius 1 is 1.28 bits per heavy atom. The standard InChI is InChI=1S/C11H8BrFN4O/c12-6-1-2-7(13)9(5-6)15-11(18)8-3-4-10(14)17-16-8/h1-5H,(H2,14,17)(H,15,18). The number of amides is 1. The number of rotatable bonds is 2. The van der Waals surface area contributed by atoms with Crippen molar-refractivity contribution in [1.82, 2.24) is 10.2 Å². The number of aromatic nitrogens is 2. The van der Waals surface area contributed by atoms with E-state index in [2.05, 4.69) is 31.4 Å². The number of halogens is 2. The van der Waals surface area contributed by atoms with Gasteiger partial charge in [-0.05, 0) is 30.3 Å². The van der Waals surface area contributed by atoms with E-state index in [-0.39, 0.29) is 17.2 Å². The zero-order valence-electron chi connectivity index (χ0n) is 9.02. The van der Waals surface area contributed by atoms with Crippen molar-refractivity contribution in [3.05, 3.63) is 46.3 Å². The number of benzene rings is 1. The lowest BCUT2D eigenvalue weighted by Gasteiger charge is -2.06. The molecule has 92 valence electrons. The van der Waals surface area contributed by atoms with Crippen LogP contribution in [0.4, 0.5) is 15.9 Å². The maximum Gasteiger partial charge on any atom is 0.276 e. The Bertz CT molecular complexity index is 588. The lowest BCUT2D eigenvalue weighted by atomic mass is 10.3. The molecule has 1 amide bonds. The highest BCUT2D eigenvalue weighted by atomic mass is 79.9. The second-order valence-electron chi connectivity index (χ2n) is 3.42. The van der Waals surface area contributed by atoms with Crippen LogP contribution >= 0.6 is 15.9 Å². The predicted octanol–water partition coefficient (Wildman–Crippen LogP) is 2.21. The zero-order chi connectivity index (χ0) is 13.1. The monoisotopic (exact) mass is 310 g/mol. The fourth-order valence-corrected chi connectivity index (χ4v) is 1.60. The Kier molecular flexibility index (Phi) is 3.52. The van der Waals surface area contributed by atoms with Gasteiger partial charge in [-0.2, -0.15) is 0 Å². The Hall–Kier alpha value is -2.02. The van der Waals surface area contributed by atoms with E-state index in [9.17, 15) is 9.18 Å². The fraction of sp³-hybridized carbons (Fsp3) is 0. The maximum absolute atomic E-state index is 13.4. The third-order valence-corrected chi connectivity index (χ3v) is 2.59. The number of nitrogen functional groups attached to an aromatic ring is 1. The van der Waals surface area contributed by atoms with Crippen molar-refractivity contribution < 1.29 is 9.18 Å². The van der Waals surface area contributed by atoms with Gasteiger partial charge < -0.3 is 11.1 Å². The Balaban J connectivity index is 2.21.